The monoisotopic (exact) mass is 523 g/mol. The summed E-state index contributed by atoms with van der Waals surface area (Å²) in [5.74, 6) is -0.0412. The number of anilines is 4. The molecule has 0 atom stereocenters. The Kier molecular flexibility index (Phi) is 6.08. The summed E-state index contributed by atoms with van der Waals surface area (Å²) in [6.07, 6.45) is 0.557. The number of nitrogens with zero attached hydrogens (tertiary/aromatic N) is 5. The van der Waals surface area contributed by atoms with Crippen LogP contribution in [0.15, 0.2) is 78.2 Å². The van der Waals surface area contributed by atoms with Gasteiger partial charge in [0.2, 0.25) is 17.8 Å². The second kappa shape index (κ2) is 9.53. The first-order valence-corrected chi connectivity index (χ1v) is 10.8. The number of halogens is 3. The summed E-state index contributed by atoms with van der Waals surface area (Å²) in [4.78, 5) is 31.6. The van der Waals surface area contributed by atoms with Crippen LogP contribution in [0.4, 0.5) is 40.8 Å². The average molecular weight is 523 g/mol. The van der Waals surface area contributed by atoms with Crippen LogP contribution in [0.3, 0.4) is 0 Å². The van der Waals surface area contributed by atoms with Crippen LogP contribution in [0.5, 0.6) is 0 Å². The molecular weight excluding hydrogens is 507 g/mol. The smallest absolute Gasteiger partial charge is 0.416 e. The molecule has 0 fully saturated rings. The maximum Gasteiger partial charge on any atom is 0.416 e. The summed E-state index contributed by atoms with van der Waals surface area (Å²) in [5.41, 5.74) is -0.384. The van der Waals surface area contributed by atoms with E-state index in [0.29, 0.717) is 16.1 Å². The Bertz CT molecular complexity index is 1690. The van der Waals surface area contributed by atoms with E-state index in [0.717, 1.165) is 18.5 Å². The molecular formula is C23H16F3N9O3. The zero-order chi connectivity index (χ0) is 26.9. The third-order valence-corrected chi connectivity index (χ3v) is 5.33. The number of carbonyl (C=O) groups excluding carboxylic acids is 1. The molecule has 0 aliphatic rings. The molecule has 0 aliphatic heterocycles. The second-order valence-corrected chi connectivity index (χ2v) is 7.84. The third-order valence-electron chi connectivity index (χ3n) is 5.33. The van der Waals surface area contributed by atoms with E-state index in [2.05, 4.69) is 36.2 Å². The minimum Gasteiger partial charge on any atom is -0.740 e. The summed E-state index contributed by atoms with van der Waals surface area (Å²) < 4.78 is 41.4. The Labute approximate surface area is 210 Å². The third kappa shape index (κ3) is 4.92. The van der Waals surface area contributed by atoms with Crippen LogP contribution >= 0.6 is 0 Å². The maximum atomic E-state index is 13.2. The van der Waals surface area contributed by atoms with Gasteiger partial charge in [0.25, 0.3) is 0 Å². The largest absolute Gasteiger partial charge is 0.740 e. The number of rotatable bonds is 5. The highest BCUT2D eigenvalue weighted by Crippen LogP contribution is 2.33. The van der Waals surface area contributed by atoms with Crippen molar-refractivity contribution < 1.29 is 22.7 Å². The molecule has 2 amide bonds. The zero-order valence-corrected chi connectivity index (χ0v) is 19.0. The van der Waals surface area contributed by atoms with Crippen molar-refractivity contribution >= 4 is 39.9 Å². The number of alkyl halides is 3. The van der Waals surface area contributed by atoms with Crippen molar-refractivity contribution in [2.24, 2.45) is 0 Å². The van der Waals surface area contributed by atoms with Crippen molar-refractivity contribution in [3.63, 3.8) is 0 Å². The fraction of sp³-hybridized carbons (Fsp3) is 0.0435. The maximum absolute atomic E-state index is 13.2. The van der Waals surface area contributed by atoms with Gasteiger partial charge < -0.3 is 20.8 Å². The fourth-order valence-electron chi connectivity index (χ4n) is 3.60. The minimum atomic E-state index is -4.62. The van der Waals surface area contributed by atoms with Gasteiger partial charge in [-0.25, -0.2) is 14.2 Å². The predicted molar refractivity (Wildman–Crippen MR) is 130 cm³/mol. The molecule has 0 unspecified atom stereocenters. The van der Waals surface area contributed by atoms with Crippen LogP contribution in [0.1, 0.15) is 5.56 Å². The Morgan fingerprint density at radius 2 is 1.82 bits per heavy atom. The molecule has 12 nitrogen and oxygen atoms in total. The van der Waals surface area contributed by atoms with Gasteiger partial charge in [0, 0.05) is 18.0 Å². The molecule has 2 aromatic carbocycles. The van der Waals surface area contributed by atoms with E-state index >= 15 is 0 Å². The second-order valence-electron chi connectivity index (χ2n) is 7.84. The van der Waals surface area contributed by atoms with Crippen LogP contribution in [0, 0.1) is 5.21 Å². The van der Waals surface area contributed by atoms with Crippen LogP contribution in [-0.4, -0.2) is 31.0 Å². The highest BCUT2D eigenvalue weighted by Gasteiger charge is 2.31. The van der Waals surface area contributed by atoms with E-state index in [-0.39, 0.29) is 28.2 Å². The lowest BCUT2D eigenvalue weighted by Gasteiger charge is -2.15. The molecule has 5 rings (SSSR count). The highest BCUT2D eigenvalue weighted by molar-refractivity contribution is 6.01. The fourth-order valence-corrected chi connectivity index (χ4v) is 3.60. The lowest BCUT2D eigenvalue weighted by molar-refractivity contribution is -0.592. The van der Waals surface area contributed by atoms with Crippen molar-refractivity contribution in [1.82, 2.24) is 25.0 Å². The Hall–Kier alpha value is -5.47. The first kappa shape index (κ1) is 24.2. The molecule has 0 radical (unpaired) electrons. The summed E-state index contributed by atoms with van der Waals surface area (Å²) in [6, 6.07) is 9.34. The molecule has 0 aliphatic carbocycles. The number of aromatic amines is 1. The molecule has 0 bridgehead atoms. The Morgan fingerprint density at radius 3 is 2.53 bits per heavy atom. The zero-order valence-electron chi connectivity index (χ0n) is 19.0. The number of nitrogens with one attached hydrogen (secondary N) is 4. The number of amides is 2. The minimum absolute atomic E-state index is 0.0412. The average Bonchev–Trinajstić information content (AvgIpc) is 3.41. The first-order valence-electron chi connectivity index (χ1n) is 10.8. The SMILES string of the molecule is O=C(Nc1ccc(Nc2c3c(=O)cc[nH]c3nc[n+]2[O-])cc1)Nc1cc(C(F)(F)F)ccc1-n1ccnn1. The molecule has 3 aromatic heterocycles. The van der Waals surface area contributed by atoms with Crippen molar-refractivity contribution in [2.45, 2.75) is 6.18 Å². The van der Waals surface area contributed by atoms with E-state index < -0.39 is 23.2 Å². The number of carbonyl (C=O) groups is 1. The predicted octanol–water partition coefficient (Wildman–Crippen LogP) is 3.54. The van der Waals surface area contributed by atoms with Gasteiger partial charge in [0.05, 0.1) is 35.0 Å². The summed E-state index contributed by atoms with van der Waals surface area (Å²) in [7, 11) is 0. The number of hydrogen-bond donors (Lipinski definition) is 4. The van der Waals surface area contributed by atoms with Crippen LogP contribution in [-0.2, 0) is 6.18 Å². The first-order chi connectivity index (χ1) is 18.2. The normalized spacial score (nSPS) is 11.3. The number of H-pyrrole nitrogens is 1. The molecule has 0 saturated carbocycles. The van der Waals surface area contributed by atoms with Crippen LogP contribution < -0.4 is 26.1 Å². The molecule has 0 spiro atoms. The molecule has 192 valence electrons. The van der Waals surface area contributed by atoms with E-state index in [1.807, 2.05) is 0 Å². The number of urea groups is 1. The van der Waals surface area contributed by atoms with E-state index in [9.17, 15) is 28.0 Å². The van der Waals surface area contributed by atoms with Crippen molar-refractivity contribution in [2.75, 3.05) is 16.0 Å². The molecule has 15 heteroatoms. The standard InChI is InChI=1S/C23H16F3N9O3/c24-23(25,26)13-1-6-17(34-10-9-29-33-34)16(11-13)32-22(37)31-15-4-2-14(3-5-15)30-21-19-18(36)7-8-27-20(19)28-12-35(21)38/h1-12,30H,(H,27,28,36)(H2,31,32,37). The van der Waals surface area contributed by atoms with Crippen LogP contribution in [0.2, 0.25) is 0 Å². The van der Waals surface area contributed by atoms with Crippen molar-refractivity contribution in [3.8, 4) is 5.69 Å². The molecule has 5 aromatic rings. The molecule has 38 heavy (non-hydrogen) atoms. The lowest BCUT2D eigenvalue weighted by atomic mass is 10.1. The Morgan fingerprint density at radius 1 is 1.05 bits per heavy atom. The van der Waals surface area contributed by atoms with Gasteiger partial charge in [-0.05, 0) is 42.5 Å². The summed E-state index contributed by atoms with van der Waals surface area (Å²) in [6.45, 7) is 0. The Balaban J connectivity index is 1.34. The lowest BCUT2D eigenvalue weighted by Crippen LogP contribution is -2.32. The summed E-state index contributed by atoms with van der Waals surface area (Å²) >= 11 is 0. The van der Waals surface area contributed by atoms with Crippen molar-refractivity contribution in [3.05, 3.63) is 94.4 Å². The van der Waals surface area contributed by atoms with Gasteiger partial charge in [-0.15, -0.1) is 5.10 Å². The van der Waals surface area contributed by atoms with Gasteiger partial charge >= 0.3 is 12.2 Å². The van der Waals surface area contributed by atoms with Crippen molar-refractivity contribution in [1.29, 1.82) is 0 Å². The number of pyridine rings is 1. The quantitative estimate of drug-likeness (QED) is 0.203. The van der Waals surface area contributed by atoms with Gasteiger partial charge in [0.1, 0.15) is 0 Å². The summed E-state index contributed by atoms with van der Waals surface area (Å²) in [5, 5.41) is 27.5. The number of benzene rings is 2. The molecule has 3 heterocycles. The topological polar surface area (TPSA) is 157 Å². The number of aromatic nitrogens is 6. The number of hydrogen-bond acceptors (Lipinski definition) is 7. The highest BCUT2D eigenvalue weighted by atomic mass is 19.4. The van der Waals surface area contributed by atoms with E-state index in [4.69, 9.17) is 0 Å². The van der Waals surface area contributed by atoms with Gasteiger partial charge in [-0.3, -0.25) is 10.1 Å². The number of fused-ring (bicyclic) bond motifs is 1. The van der Waals surface area contributed by atoms with E-state index in [1.54, 1.807) is 0 Å². The van der Waals surface area contributed by atoms with Gasteiger partial charge in [-0.2, -0.15) is 13.2 Å². The van der Waals surface area contributed by atoms with Crippen LogP contribution in [0.25, 0.3) is 16.7 Å². The molecule has 4 N–H and O–H groups in total. The van der Waals surface area contributed by atoms with E-state index in [1.165, 1.54) is 59.7 Å². The van der Waals surface area contributed by atoms with Gasteiger partial charge in [-0.1, -0.05) is 10.2 Å². The van der Waals surface area contributed by atoms with Gasteiger partial charge in [0.15, 0.2) is 10.8 Å². The molecule has 0 saturated heterocycles.